The maximum Gasteiger partial charge on any atom is 0.223 e. The minimum absolute atomic E-state index is 0.197. The van der Waals surface area contributed by atoms with Crippen LogP contribution in [0.15, 0.2) is 24.3 Å². The van der Waals surface area contributed by atoms with Crippen LogP contribution in [0.2, 0.25) is 0 Å². The largest absolute Gasteiger partial charge is 0.383 e. The highest BCUT2D eigenvalue weighted by atomic mass is 16.5. The van der Waals surface area contributed by atoms with Gasteiger partial charge in [-0.3, -0.25) is 4.79 Å². The molecular formula is C19H25N3O2. The van der Waals surface area contributed by atoms with Gasteiger partial charge in [0.15, 0.2) is 0 Å². The Morgan fingerprint density at radius 3 is 2.83 bits per heavy atom. The highest BCUT2D eigenvalue weighted by Gasteiger charge is 2.38. The van der Waals surface area contributed by atoms with E-state index in [2.05, 4.69) is 15.5 Å². The summed E-state index contributed by atoms with van der Waals surface area (Å²) >= 11 is 0. The van der Waals surface area contributed by atoms with E-state index in [-0.39, 0.29) is 5.92 Å². The monoisotopic (exact) mass is 327 g/mol. The fourth-order valence-electron chi connectivity index (χ4n) is 4.30. The zero-order chi connectivity index (χ0) is 16.5. The van der Waals surface area contributed by atoms with E-state index in [9.17, 15) is 4.79 Å². The molecule has 2 aliphatic rings. The first-order valence-corrected chi connectivity index (χ1v) is 9.01. The lowest BCUT2D eigenvalue weighted by Crippen LogP contribution is -2.34. The number of para-hydroxylation sites is 2. The number of rotatable bonds is 5. The SMILES string of the molecule is COCCn1c(C2CC(=O)N(C3CCCC3)C2)nc2ccccc21. The van der Waals surface area contributed by atoms with Crippen LogP contribution in [-0.4, -0.2) is 46.7 Å². The highest BCUT2D eigenvalue weighted by molar-refractivity contribution is 5.81. The van der Waals surface area contributed by atoms with Gasteiger partial charge in [-0.05, 0) is 25.0 Å². The van der Waals surface area contributed by atoms with Crippen molar-refractivity contribution < 1.29 is 9.53 Å². The van der Waals surface area contributed by atoms with E-state index in [1.807, 2.05) is 18.2 Å². The van der Waals surface area contributed by atoms with E-state index in [0.717, 1.165) is 29.9 Å². The number of hydrogen-bond donors (Lipinski definition) is 0. The lowest BCUT2D eigenvalue weighted by Gasteiger charge is -2.24. The molecule has 1 aliphatic carbocycles. The zero-order valence-electron chi connectivity index (χ0n) is 14.3. The number of hydrogen-bond acceptors (Lipinski definition) is 3. The number of carbonyl (C=O) groups excluding carboxylic acids is 1. The molecule has 2 aromatic rings. The maximum atomic E-state index is 12.5. The number of likely N-dealkylation sites (tertiary alicyclic amines) is 1. The highest BCUT2D eigenvalue weighted by Crippen LogP contribution is 2.34. The third-order valence-corrected chi connectivity index (χ3v) is 5.49. The van der Waals surface area contributed by atoms with Crippen LogP contribution in [0.4, 0.5) is 0 Å². The molecule has 128 valence electrons. The van der Waals surface area contributed by atoms with Crippen LogP contribution in [0.25, 0.3) is 11.0 Å². The van der Waals surface area contributed by atoms with Gasteiger partial charge >= 0.3 is 0 Å². The van der Waals surface area contributed by atoms with E-state index >= 15 is 0 Å². The average Bonchev–Trinajstić information content (AvgIpc) is 3.30. The topological polar surface area (TPSA) is 47.4 Å². The second-order valence-corrected chi connectivity index (χ2v) is 6.99. The summed E-state index contributed by atoms with van der Waals surface area (Å²) < 4.78 is 7.52. The molecule has 24 heavy (non-hydrogen) atoms. The first kappa shape index (κ1) is 15.6. The normalized spacial score (nSPS) is 22.1. The second kappa shape index (κ2) is 6.55. The van der Waals surface area contributed by atoms with Gasteiger partial charge in [0.25, 0.3) is 0 Å². The molecule has 1 atom stereocenters. The van der Waals surface area contributed by atoms with E-state index < -0.39 is 0 Å². The van der Waals surface area contributed by atoms with Crippen molar-refractivity contribution in [2.24, 2.45) is 0 Å². The Morgan fingerprint density at radius 1 is 1.25 bits per heavy atom. The molecule has 1 aromatic carbocycles. The lowest BCUT2D eigenvalue weighted by atomic mass is 10.1. The van der Waals surface area contributed by atoms with Crippen LogP contribution < -0.4 is 0 Å². The molecule has 1 saturated heterocycles. The van der Waals surface area contributed by atoms with Gasteiger partial charge in [-0.1, -0.05) is 25.0 Å². The first-order chi connectivity index (χ1) is 11.8. The number of benzene rings is 1. The van der Waals surface area contributed by atoms with Crippen molar-refractivity contribution in [1.29, 1.82) is 0 Å². The van der Waals surface area contributed by atoms with E-state index in [1.54, 1.807) is 7.11 Å². The Morgan fingerprint density at radius 2 is 2.04 bits per heavy atom. The van der Waals surface area contributed by atoms with Crippen LogP contribution in [0.5, 0.6) is 0 Å². The Kier molecular flexibility index (Phi) is 4.27. The minimum Gasteiger partial charge on any atom is -0.383 e. The summed E-state index contributed by atoms with van der Waals surface area (Å²) in [6.45, 7) is 2.25. The van der Waals surface area contributed by atoms with Gasteiger partial charge in [-0.15, -0.1) is 0 Å². The Hall–Kier alpha value is -1.88. The minimum atomic E-state index is 0.197. The van der Waals surface area contributed by atoms with Crippen LogP contribution in [-0.2, 0) is 16.1 Å². The summed E-state index contributed by atoms with van der Waals surface area (Å²) in [5.74, 6) is 1.54. The van der Waals surface area contributed by atoms with Crippen LogP contribution in [0, 0.1) is 0 Å². The van der Waals surface area contributed by atoms with Gasteiger partial charge in [0.2, 0.25) is 5.91 Å². The van der Waals surface area contributed by atoms with Gasteiger partial charge in [-0.25, -0.2) is 4.98 Å². The molecule has 0 bridgehead atoms. The Bertz CT molecular complexity index is 733. The summed E-state index contributed by atoms with van der Waals surface area (Å²) in [5.41, 5.74) is 2.15. The number of nitrogens with zero attached hydrogens (tertiary/aromatic N) is 3. The molecule has 2 heterocycles. The van der Waals surface area contributed by atoms with Crippen LogP contribution >= 0.6 is 0 Å². The maximum absolute atomic E-state index is 12.5. The molecule has 1 amide bonds. The van der Waals surface area contributed by atoms with Gasteiger partial charge < -0.3 is 14.2 Å². The number of amides is 1. The standard InChI is InChI=1S/C19H25N3O2/c1-24-11-10-21-17-9-5-4-8-16(17)20-19(21)14-12-18(23)22(13-14)15-6-2-3-7-15/h4-5,8-9,14-15H,2-3,6-7,10-13H2,1H3. The third-order valence-electron chi connectivity index (χ3n) is 5.49. The summed E-state index contributed by atoms with van der Waals surface area (Å²) in [6.07, 6.45) is 5.43. The first-order valence-electron chi connectivity index (χ1n) is 9.01. The van der Waals surface area contributed by atoms with Gasteiger partial charge in [0.1, 0.15) is 5.82 Å². The van der Waals surface area contributed by atoms with Gasteiger partial charge in [0, 0.05) is 38.6 Å². The summed E-state index contributed by atoms with van der Waals surface area (Å²) in [6, 6.07) is 8.67. The number of fused-ring (bicyclic) bond motifs is 1. The number of methoxy groups -OCH3 is 1. The van der Waals surface area contributed by atoms with Gasteiger partial charge in [-0.2, -0.15) is 0 Å². The van der Waals surface area contributed by atoms with Crippen molar-refractivity contribution in [1.82, 2.24) is 14.5 Å². The fourth-order valence-corrected chi connectivity index (χ4v) is 4.30. The molecular weight excluding hydrogens is 302 g/mol. The summed E-state index contributed by atoms with van der Waals surface area (Å²) in [4.78, 5) is 19.5. The third kappa shape index (κ3) is 2.71. The van der Waals surface area contributed by atoms with E-state index in [1.165, 1.54) is 25.7 Å². The Labute approximate surface area is 142 Å². The van der Waals surface area contributed by atoms with Crippen molar-refractivity contribution >= 4 is 16.9 Å². The molecule has 1 aliphatic heterocycles. The smallest absolute Gasteiger partial charge is 0.223 e. The molecule has 0 radical (unpaired) electrons. The Balaban J connectivity index is 1.64. The molecule has 0 spiro atoms. The lowest BCUT2D eigenvalue weighted by molar-refractivity contribution is -0.129. The van der Waals surface area contributed by atoms with Crippen LogP contribution in [0.1, 0.15) is 43.8 Å². The van der Waals surface area contributed by atoms with E-state index in [0.29, 0.717) is 25.0 Å². The van der Waals surface area contributed by atoms with Crippen molar-refractivity contribution in [3.05, 3.63) is 30.1 Å². The van der Waals surface area contributed by atoms with Gasteiger partial charge in [0.05, 0.1) is 17.6 Å². The zero-order valence-corrected chi connectivity index (χ0v) is 14.3. The summed E-state index contributed by atoms with van der Waals surface area (Å²) in [7, 11) is 1.72. The molecule has 4 rings (SSSR count). The van der Waals surface area contributed by atoms with Crippen LogP contribution in [0.3, 0.4) is 0 Å². The van der Waals surface area contributed by atoms with Crippen molar-refractivity contribution in [2.45, 2.75) is 50.6 Å². The quantitative estimate of drug-likeness (QED) is 0.848. The molecule has 1 unspecified atom stereocenters. The molecule has 5 heteroatoms. The number of carbonyl (C=O) groups is 1. The predicted molar refractivity (Wildman–Crippen MR) is 92.9 cm³/mol. The molecule has 2 fully saturated rings. The fraction of sp³-hybridized carbons (Fsp3) is 0.579. The summed E-state index contributed by atoms with van der Waals surface area (Å²) in [5, 5.41) is 0. The molecule has 1 aromatic heterocycles. The average molecular weight is 327 g/mol. The predicted octanol–water partition coefficient (Wildman–Crippen LogP) is 2.94. The second-order valence-electron chi connectivity index (χ2n) is 6.99. The van der Waals surface area contributed by atoms with Crippen molar-refractivity contribution in [2.75, 3.05) is 20.3 Å². The molecule has 1 saturated carbocycles. The van der Waals surface area contributed by atoms with E-state index in [4.69, 9.17) is 9.72 Å². The number of ether oxygens (including phenoxy) is 1. The number of aromatic nitrogens is 2. The molecule has 5 nitrogen and oxygen atoms in total. The number of imidazole rings is 1. The van der Waals surface area contributed by atoms with Crippen molar-refractivity contribution in [3.63, 3.8) is 0 Å². The van der Waals surface area contributed by atoms with Crippen molar-refractivity contribution in [3.8, 4) is 0 Å². The molecule has 0 N–H and O–H groups in total.